The van der Waals surface area contributed by atoms with Crippen LogP contribution in [0.2, 0.25) is 0 Å². The van der Waals surface area contributed by atoms with Gasteiger partial charge in [0.25, 0.3) is 5.91 Å². The van der Waals surface area contributed by atoms with Crippen molar-refractivity contribution in [1.82, 2.24) is 25.2 Å². The van der Waals surface area contributed by atoms with Crippen LogP contribution in [-0.2, 0) is 11.8 Å². The number of carbonyl (C=O) groups is 2. The Morgan fingerprint density at radius 2 is 2.18 bits per heavy atom. The number of aromatic nitrogens is 2. The number of hydrazone groups is 1. The SMILES string of the molecule is C[C@@H](CN1CCC2(CC1)OC(=O)NN=C2c1ccc(C#N)cc1Br)NC(=O)c1cn(C)cn1. The number of carbonyl (C=O) groups excluding carboxylic acids is 2. The van der Waals surface area contributed by atoms with Gasteiger partial charge in [0.15, 0.2) is 5.60 Å². The Morgan fingerprint density at radius 1 is 1.42 bits per heavy atom. The molecule has 0 bridgehead atoms. The molecule has 10 nitrogen and oxygen atoms in total. The number of halogens is 1. The third-order valence-corrected chi connectivity index (χ3v) is 6.50. The van der Waals surface area contributed by atoms with Gasteiger partial charge in [0, 0.05) is 61.8 Å². The number of ether oxygens (including phenoxy) is 1. The Morgan fingerprint density at radius 3 is 2.82 bits per heavy atom. The normalized spacial score (nSPS) is 18.6. The monoisotopic (exact) mass is 513 g/mol. The standard InChI is InChI=1S/C22H24BrN7O3/c1-14(26-20(31)18-12-29(2)13-25-18)11-30-7-5-22(6-8-30)19(27-28-21(32)33-22)16-4-3-15(10-24)9-17(16)23/h3-4,9,12-14H,5-8,11H2,1-2H3,(H,26,31)(H,28,32)/t14-/m0/s1. The van der Waals surface area contributed by atoms with Crippen LogP contribution in [0.4, 0.5) is 4.79 Å². The van der Waals surface area contributed by atoms with Crippen molar-refractivity contribution in [2.45, 2.75) is 31.4 Å². The van der Waals surface area contributed by atoms with Crippen molar-refractivity contribution < 1.29 is 14.3 Å². The van der Waals surface area contributed by atoms with Gasteiger partial charge in [0.2, 0.25) is 0 Å². The van der Waals surface area contributed by atoms with Gasteiger partial charge in [-0.25, -0.2) is 15.2 Å². The van der Waals surface area contributed by atoms with Crippen molar-refractivity contribution in [2.75, 3.05) is 19.6 Å². The largest absolute Gasteiger partial charge is 0.435 e. The average Bonchev–Trinajstić information content (AvgIpc) is 3.22. The van der Waals surface area contributed by atoms with Gasteiger partial charge in [0.05, 0.1) is 18.0 Å². The van der Waals surface area contributed by atoms with Crippen LogP contribution in [0.25, 0.3) is 0 Å². The quantitative estimate of drug-likeness (QED) is 0.630. The van der Waals surface area contributed by atoms with E-state index in [1.54, 1.807) is 29.2 Å². The molecule has 4 rings (SSSR count). The van der Waals surface area contributed by atoms with Crippen LogP contribution in [0, 0.1) is 11.3 Å². The van der Waals surface area contributed by atoms with Gasteiger partial charge >= 0.3 is 6.09 Å². The first-order valence-electron chi connectivity index (χ1n) is 10.6. The second-order valence-corrected chi connectivity index (χ2v) is 9.22. The van der Waals surface area contributed by atoms with Crippen LogP contribution in [0.1, 0.15) is 41.4 Å². The highest BCUT2D eigenvalue weighted by Crippen LogP contribution is 2.35. The van der Waals surface area contributed by atoms with E-state index in [9.17, 15) is 9.59 Å². The average molecular weight is 514 g/mol. The van der Waals surface area contributed by atoms with Crippen molar-refractivity contribution >= 4 is 33.6 Å². The predicted octanol–water partition coefficient (Wildman–Crippen LogP) is 2.15. The number of nitrogens with one attached hydrogen (secondary N) is 2. The van der Waals surface area contributed by atoms with Crippen molar-refractivity contribution in [2.24, 2.45) is 12.1 Å². The zero-order valence-electron chi connectivity index (χ0n) is 18.3. The molecule has 3 heterocycles. The molecule has 2 aliphatic rings. The summed E-state index contributed by atoms with van der Waals surface area (Å²) in [4.78, 5) is 30.7. The van der Waals surface area contributed by atoms with E-state index in [0.29, 0.717) is 53.9 Å². The molecule has 1 saturated heterocycles. The highest BCUT2D eigenvalue weighted by molar-refractivity contribution is 9.10. The fraction of sp³-hybridized carbons (Fsp3) is 0.409. The second kappa shape index (κ2) is 9.33. The molecule has 0 radical (unpaired) electrons. The molecule has 1 spiro atoms. The van der Waals surface area contributed by atoms with Crippen LogP contribution < -0.4 is 10.7 Å². The number of hydrogen-bond donors (Lipinski definition) is 2. The summed E-state index contributed by atoms with van der Waals surface area (Å²) < 4.78 is 8.24. The number of imidazole rings is 1. The van der Waals surface area contributed by atoms with E-state index >= 15 is 0 Å². The number of rotatable bonds is 5. The lowest BCUT2D eigenvalue weighted by Gasteiger charge is -2.43. The van der Waals surface area contributed by atoms with Crippen LogP contribution >= 0.6 is 15.9 Å². The Bertz CT molecular complexity index is 1150. The van der Waals surface area contributed by atoms with E-state index in [1.807, 2.05) is 20.0 Å². The molecule has 1 aromatic heterocycles. The Balaban J connectivity index is 1.42. The van der Waals surface area contributed by atoms with Crippen LogP contribution in [0.3, 0.4) is 0 Å². The minimum absolute atomic E-state index is 0.0788. The first kappa shape index (κ1) is 22.9. The lowest BCUT2D eigenvalue weighted by molar-refractivity contribution is 0.00485. The summed E-state index contributed by atoms with van der Waals surface area (Å²) in [6.45, 7) is 3.96. The summed E-state index contributed by atoms with van der Waals surface area (Å²) >= 11 is 3.52. The molecular formula is C22H24BrN7O3. The summed E-state index contributed by atoms with van der Waals surface area (Å²) in [5.41, 5.74) is 3.88. The minimum Gasteiger partial charge on any atom is -0.435 e. The number of hydrogen-bond acceptors (Lipinski definition) is 7. The molecular weight excluding hydrogens is 490 g/mol. The highest BCUT2D eigenvalue weighted by atomic mass is 79.9. The molecule has 1 fully saturated rings. The van der Waals surface area contributed by atoms with Gasteiger partial charge in [0.1, 0.15) is 11.4 Å². The van der Waals surface area contributed by atoms with E-state index in [0.717, 1.165) is 5.56 Å². The van der Waals surface area contributed by atoms with Gasteiger partial charge in [-0.05, 0) is 19.1 Å². The fourth-order valence-electron chi connectivity index (χ4n) is 4.23. The smallest absolute Gasteiger partial charge is 0.428 e. The van der Waals surface area contributed by atoms with Crippen molar-refractivity contribution in [3.63, 3.8) is 0 Å². The van der Waals surface area contributed by atoms with E-state index < -0.39 is 11.7 Å². The predicted molar refractivity (Wildman–Crippen MR) is 124 cm³/mol. The minimum atomic E-state index is -0.851. The molecule has 0 unspecified atom stereocenters. The number of amides is 2. The molecule has 2 aromatic rings. The summed E-state index contributed by atoms with van der Waals surface area (Å²) in [6, 6.07) is 7.29. The molecule has 172 valence electrons. The molecule has 2 aliphatic heterocycles. The fourth-order valence-corrected chi connectivity index (χ4v) is 4.80. The summed E-state index contributed by atoms with van der Waals surface area (Å²) in [7, 11) is 1.82. The number of piperidine rings is 1. The molecule has 33 heavy (non-hydrogen) atoms. The van der Waals surface area contributed by atoms with Crippen molar-refractivity contribution in [3.05, 3.63) is 52.0 Å². The number of nitriles is 1. The van der Waals surface area contributed by atoms with Crippen LogP contribution in [-0.4, -0.2) is 63.4 Å². The Kier molecular flexibility index (Phi) is 6.49. The van der Waals surface area contributed by atoms with E-state index in [4.69, 9.17) is 10.00 Å². The van der Waals surface area contributed by atoms with Gasteiger partial charge < -0.3 is 19.5 Å². The number of nitrogens with zero attached hydrogens (tertiary/aromatic N) is 5. The summed E-state index contributed by atoms with van der Waals surface area (Å²) in [5.74, 6) is -0.205. The molecule has 0 saturated carbocycles. The highest BCUT2D eigenvalue weighted by Gasteiger charge is 2.46. The third-order valence-electron chi connectivity index (χ3n) is 5.84. The maximum atomic E-state index is 12.4. The zero-order valence-corrected chi connectivity index (χ0v) is 19.9. The Hall–Kier alpha value is -3.23. The third kappa shape index (κ3) is 4.91. The molecule has 2 amide bonds. The van der Waals surface area contributed by atoms with Gasteiger partial charge in [-0.1, -0.05) is 22.0 Å². The number of aryl methyl sites for hydroxylation is 1. The molecule has 11 heteroatoms. The number of benzene rings is 1. The summed E-state index contributed by atoms with van der Waals surface area (Å²) in [6.07, 6.45) is 3.82. The molecule has 1 aromatic carbocycles. The maximum absolute atomic E-state index is 12.4. The molecule has 0 aliphatic carbocycles. The van der Waals surface area contributed by atoms with Gasteiger partial charge in [-0.3, -0.25) is 4.79 Å². The van der Waals surface area contributed by atoms with Crippen molar-refractivity contribution in [1.29, 1.82) is 5.26 Å². The lowest BCUT2D eigenvalue weighted by atomic mass is 9.82. The van der Waals surface area contributed by atoms with E-state index in [2.05, 4.69) is 47.7 Å². The topological polar surface area (TPSA) is 125 Å². The van der Waals surface area contributed by atoms with Gasteiger partial charge in [-0.2, -0.15) is 10.4 Å². The van der Waals surface area contributed by atoms with E-state index in [-0.39, 0.29) is 11.9 Å². The second-order valence-electron chi connectivity index (χ2n) is 8.36. The van der Waals surface area contributed by atoms with Crippen LogP contribution in [0.15, 0.2) is 40.3 Å². The zero-order chi connectivity index (χ0) is 23.6. The van der Waals surface area contributed by atoms with Gasteiger partial charge in [-0.15, -0.1) is 0 Å². The first-order valence-corrected chi connectivity index (χ1v) is 11.4. The van der Waals surface area contributed by atoms with Crippen LogP contribution in [0.5, 0.6) is 0 Å². The van der Waals surface area contributed by atoms with Crippen molar-refractivity contribution in [3.8, 4) is 6.07 Å². The maximum Gasteiger partial charge on any atom is 0.428 e. The van der Waals surface area contributed by atoms with E-state index in [1.165, 1.54) is 0 Å². The number of likely N-dealkylation sites (tertiary alicyclic amines) is 1. The Labute approximate surface area is 199 Å². The molecule has 1 atom stereocenters. The lowest BCUT2D eigenvalue weighted by Crippen LogP contribution is -2.57. The summed E-state index contributed by atoms with van der Waals surface area (Å²) in [5, 5.41) is 16.5. The molecule has 2 N–H and O–H groups in total. The first-order chi connectivity index (χ1) is 15.8.